The highest BCUT2D eigenvalue weighted by Crippen LogP contribution is 2.14. The molecule has 0 spiro atoms. The van der Waals surface area contributed by atoms with E-state index >= 15 is 0 Å². The number of phenols is 2. The number of carbonyl (C=O) groups excluding carboxylic acids is 1. The van der Waals surface area contributed by atoms with Gasteiger partial charge in [-0.1, -0.05) is 6.07 Å². The first-order valence-electron chi connectivity index (χ1n) is 5.59. The van der Waals surface area contributed by atoms with Crippen LogP contribution in [0.3, 0.4) is 0 Å². The summed E-state index contributed by atoms with van der Waals surface area (Å²) in [5, 5.41) is 60.8. The molecule has 8 heteroatoms. The van der Waals surface area contributed by atoms with E-state index in [1.807, 2.05) is 0 Å². The third-order valence-electron chi connectivity index (χ3n) is 2.25. The van der Waals surface area contributed by atoms with Crippen molar-refractivity contribution < 1.29 is 40.5 Å². The lowest BCUT2D eigenvalue weighted by molar-refractivity contribution is -0.136. The minimum atomic E-state index is -1.79. The fourth-order valence-corrected chi connectivity index (χ4v) is 1.11. The van der Waals surface area contributed by atoms with E-state index in [0.717, 1.165) is 0 Å². The molecule has 8 nitrogen and oxygen atoms in total. The second-order valence-electron chi connectivity index (χ2n) is 3.88. The standard InChI is InChI=1S/C6H12O6.C6H6O2/c7-1-3(9)5(11)6(12)4(10)2-8;7-5-2-1-3-6(8)4-5/h1,3-6,8-12H,2H2;1-4,7-8H/t3-,4+,5+,6+;/m0./s1. The van der Waals surface area contributed by atoms with Crippen molar-refractivity contribution in [2.75, 3.05) is 6.61 Å². The molecule has 0 aliphatic rings. The molecule has 0 aliphatic heterocycles. The van der Waals surface area contributed by atoms with Gasteiger partial charge in [0.2, 0.25) is 0 Å². The number of benzene rings is 1. The zero-order valence-electron chi connectivity index (χ0n) is 10.4. The van der Waals surface area contributed by atoms with Crippen LogP contribution in [-0.2, 0) is 4.79 Å². The van der Waals surface area contributed by atoms with Crippen LogP contribution in [0.2, 0.25) is 0 Å². The van der Waals surface area contributed by atoms with Crippen molar-refractivity contribution in [2.24, 2.45) is 0 Å². The van der Waals surface area contributed by atoms with E-state index in [2.05, 4.69) is 0 Å². The van der Waals surface area contributed by atoms with Crippen LogP contribution >= 0.6 is 0 Å². The second kappa shape index (κ2) is 9.23. The normalized spacial score (nSPS) is 16.2. The van der Waals surface area contributed by atoms with E-state index in [1.54, 1.807) is 6.07 Å². The molecule has 20 heavy (non-hydrogen) atoms. The SMILES string of the molecule is O=C[C@H](O)[C@@H](O)[C@H](O)[C@H](O)CO.Oc1cccc(O)c1. The smallest absolute Gasteiger partial charge is 0.151 e. The van der Waals surface area contributed by atoms with Crippen LogP contribution in [0.15, 0.2) is 24.3 Å². The fraction of sp³-hybridized carbons (Fsp3) is 0.417. The summed E-state index contributed by atoms with van der Waals surface area (Å²) in [6.07, 6.45) is -6.84. The van der Waals surface area contributed by atoms with Crippen molar-refractivity contribution in [3.8, 4) is 11.5 Å². The third kappa shape index (κ3) is 6.45. The van der Waals surface area contributed by atoms with E-state index in [4.69, 9.17) is 35.7 Å². The Labute approximate surface area is 114 Å². The Kier molecular flexibility index (Phi) is 8.45. The molecule has 1 rings (SSSR count). The Morgan fingerprint density at radius 3 is 1.80 bits per heavy atom. The van der Waals surface area contributed by atoms with E-state index in [0.29, 0.717) is 0 Å². The van der Waals surface area contributed by atoms with Crippen molar-refractivity contribution in [2.45, 2.75) is 24.4 Å². The van der Waals surface area contributed by atoms with E-state index in [-0.39, 0.29) is 17.8 Å². The van der Waals surface area contributed by atoms with Crippen molar-refractivity contribution in [3.05, 3.63) is 24.3 Å². The lowest BCUT2D eigenvalue weighted by Gasteiger charge is -2.22. The van der Waals surface area contributed by atoms with Gasteiger partial charge in [-0.15, -0.1) is 0 Å². The van der Waals surface area contributed by atoms with E-state index < -0.39 is 31.0 Å². The zero-order valence-corrected chi connectivity index (χ0v) is 10.4. The molecule has 0 bridgehead atoms. The highest BCUT2D eigenvalue weighted by molar-refractivity contribution is 5.56. The molecule has 0 amide bonds. The predicted octanol–water partition coefficient (Wildman–Crippen LogP) is -2.28. The van der Waals surface area contributed by atoms with Gasteiger partial charge < -0.3 is 40.5 Å². The number of carbonyl (C=O) groups is 1. The highest BCUT2D eigenvalue weighted by Gasteiger charge is 2.29. The van der Waals surface area contributed by atoms with Crippen LogP contribution in [-0.4, -0.2) is 73.1 Å². The Morgan fingerprint density at radius 2 is 1.50 bits per heavy atom. The van der Waals surface area contributed by atoms with Gasteiger partial charge in [-0.25, -0.2) is 0 Å². The highest BCUT2D eigenvalue weighted by atomic mass is 16.4. The monoisotopic (exact) mass is 290 g/mol. The number of aldehydes is 1. The van der Waals surface area contributed by atoms with Crippen LogP contribution in [0.5, 0.6) is 11.5 Å². The zero-order chi connectivity index (χ0) is 15.7. The Morgan fingerprint density at radius 1 is 1.00 bits per heavy atom. The molecule has 0 saturated heterocycles. The molecular weight excluding hydrogens is 272 g/mol. The van der Waals surface area contributed by atoms with Crippen LogP contribution < -0.4 is 0 Å². The maximum Gasteiger partial charge on any atom is 0.151 e. The lowest BCUT2D eigenvalue weighted by Crippen LogP contribution is -2.46. The number of phenolic OH excluding ortho intramolecular Hbond substituents is 2. The third-order valence-corrected chi connectivity index (χ3v) is 2.25. The molecule has 1 aromatic rings. The summed E-state index contributed by atoms with van der Waals surface area (Å²) in [6.45, 7) is -0.760. The average molecular weight is 290 g/mol. The van der Waals surface area contributed by atoms with Gasteiger partial charge in [0.1, 0.15) is 35.9 Å². The van der Waals surface area contributed by atoms with Crippen LogP contribution in [0.1, 0.15) is 0 Å². The number of aromatic hydroxyl groups is 2. The van der Waals surface area contributed by atoms with Crippen molar-refractivity contribution >= 4 is 6.29 Å². The van der Waals surface area contributed by atoms with Crippen molar-refractivity contribution in [1.82, 2.24) is 0 Å². The summed E-state index contributed by atoms with van der Waals surface area (Å²) in [5.74, 6) is 0.176. The number of rotatable bonds is 5. The van der Waals surface area contributed by atoms with Gasteiger partial charge in [0, 0.05) is 6.07 Å². The molecule has 0 aromatic heterocycles. The topological polar surface area (TPSA) is 159 Å². The largest absolute Gasteiger partial charge is 0.508 e. The molecule has 114 valence electrons. The second-order valence-corrected chi connectivity index (χ2v) is 3.88. The van der Waals surface area contributed by atoms with Crippen LogP contribution in [0, 0.1) is 0 Å². The quantitative estimate of drug-likeness (QED) is 0.299. The molecular formula is C12H18O8. The first kappa shape index (κ1) is 18.3. The minimum Gasteiger partial charge on any atom is -0.508 e. The maximum absolute atomic E-state index is 9.90. The van der Waals surface area contributed by atoms with Crippen LogP contribution in [0.4, 0.5) is 0 Å². The van der Waals surface area contributed by atoms with Crippen LogP contribution in [0.25, 0.3) is 0 Å². The van der Waals surface area contributed by atoms with Crippen molar-refractivity contribution in [1.29, 1.82) is 0 Å². The first-order valence-corrected chi connectivity index (χ1v) is 5.59. The van der Waals surface area contributed by atoms with Gasteiger partial charge in [0.05, 0.1) is 6.61 Å². The summed E-state index contributed by atoms with van der Waals surface area (Å²) >= 11 is 0. The van der Waals surface area contributed by atoms with E-state index in [9.17, 15) is 4.79 Å². The minimum absolute atomic E-state index is 0.0258. The van der Waals surface area contributed by atoms with Crippen molar-refractivity contribution in [3.63, 3.8) is 0 Å². The molecule has 7 N–H and O–H groups in total. The molecule has 4 atom stereocenters. The maximum atomic E-state index is 9.90. The number of aliphatic hydroxyl groups is 5. The van der Waals surface area contributed by atoms with E-state index in [1.165, 1.54) is 18.2 Å². The van der Waals surface area contributed by atoms with Gasteiger partial charge in [-0.05, 0) is 12.1 Å². The predicted molar refractivity (Wildman–Crippen MR) is 66.9 cm³/mol. The Hall–Kier alpha value is -1.71. The summed E-state index contributed by atoms with van der Waals surface area (Å²) in [6, 6.07) is 5.85. The summed E-state index contributed by atoms with van der Waals surface area (Å²) in [5.41, 5.74) is 0. The summed E-state index contributed by atoms with van der Waals surface area (Å²) in [4.78, 5) is 9.90. The molecule has 0 radical (unpaired) electrons. The molecule has 0 fully saturated rings. The lowest BCUT2D eigenvalue weighted by atomic mass is 10.0. The molecule has 0 aliphatic carbocycles. The van der Waals surface area contributed by atoms with Gasteiger partial charge in [0.25, 0.3) is 0 Å². The van der Waals surface area contributed by atoms with Gasteiger partial charge in [-0.3, -0.25) is 0 Å². The van der Waals surface area contributed by atoms with Gasteiger partial charge in [0.15, 0.2) is 6.29 Å². The molecule has 1 aromatic carbocycles. The molecule has 0 saturated carbocycles. The Bertz CT molecular complexity index is 380. The first-order chi connectivity index (χ1) is 9.33. The van der Waals surface area contributed by atoms with Gasteiger partial charge in [-0.2, -0.15) is 0 Å². The number of hydrogen-bond donors (Lipinski definition) is 7. The molecule has 0 unspecified atom stereocenters. The summed E-state index contributed by atoms with van der Waals surface area (Å²) in [7, 11) is 0. The Balaban J connectivity index is 0.000000388. The number of hydrogen-bond acceptors (Lipinski definition) is 8. The summed E-state index contributed by atoms with van der Waals surface area (Å²) < 4.78 is 0. The fourth-order valence-electron chi connectivity index (χ4n) is 1.11. The molecule has 0 heterocycles. The van der Waals surface area contributed by atoms with Gasteiger partial charge >= 0.3 is 0 Å². The average Bonchev–Trinajstić information content (AvgIpc) is 2.44. The number of aliphatic hydroxyl groups excluding tert-OH is 5.